The van der Waals surface area contributed by atoms with Crippen LogP contribution in [0.25, 0.3) is 11.1 Å². The van der Waals surface area contributed by atoms with E-state index in [-0.39, 0.29) is 18.5 Å². The van der Waals surface area contributed by atoms with Gasteiger partial charge in [0.1, 0.15) is 11.9 Å². The van der Waals surface area contributed by atoms with Crippen LogP contribution in [0.15, 0.2) is 36.4 Å². The van der Waals surface area contributed by atoms with Crippen LogP contribution in [-0.2, 0) is 6.42 Å². The molecule has 2 aromatic carbocycles. The molecule has 1 aliphatic heterocycles. The first kappa shape index (κ1) is 14.9. The van der Waals surface area contributed by atoms with Crippen LogP contribution in [0.3, 0.4) is 0 Å². The van der Waals surface area contributed by atoms with Crippen LogP contribution in [0, 0.1) is 13.8 Å². The Morgan fingerprint density at radius 1 is 1.10 bits per heavy atom. The second-order valence-electron chi connectivity index (χ2n) is 5.23. The fourth-order valence-electron chi connectivity index (χ4n) is 2.94. The summed E-state index contributed by atoms with van der Waals surface area (Å²) in [7, 11) is 0. The molecule has 3 heteroatoms. The van der Waals surface area contributed by atoms with Crippen molar-refractivity contribution in [1.29, 1.82) is 0 Å². The second-order valence-corrected chi connectivity index (χ2v) is 5.23. The van der Waals surface area contributed by atoms with Gasteiger partial charge >= 0.3 is 0 Å². The van der Waals surface area contributed by atoms with Crippen molar-refractivity contribution in [2.24, 2.45) is 5.73 Å². The minimum atomic E-state index is 0. The van der Waals surface area contributed by atoms with Gasteiger partial charge in [-0.1, -0.05) is 30.3 Å². The molecule has 1 unspecified atom stereocenters. The van der Waals surface area contributed by atoms with E-state index >= 15 is 0 Å². The number of aryl methyl sites for hydroxylation is 2. The first-order valence-electron chi connectivity index (χ1n) is 6.76. The van der Waals surface area contributed by atoms with Crippen LogP contribution in [0.1, 0.15) is 16.7 Å². The second kappa shape index (κ2) is 5.86. The molecule has 106 valence electrons. The van der Waals surface area contributed by atoms with E-state index in [0.717, 1.165) is 12.2 Å². The van der Waals surface area contributed by atoms with Gasteiger partial charge in [0.25, 0.3) is 0 Å². The number of halogens is 1. The Morgan fingerprint density at radius 2 is 1.75 bits per heavy atom. The Morgan fingerprint density at radius 3 is 2.40 bits per heavy atom. The van der Waals surface area contributed by atoms with Crippen molar-refractivity contribution in [2.45, 2.75) is 26.4 Å². The maximum Gasteiger partial charge on any atom is 0.123 e. The van der Waals surface area contributed by atoms with Gasteiger partial charge < -0.3 is 10.5 Å². The molecule has 0 saturated heterocycles. The van der Waals surface area contributed by atoms with Gasteiger partial charge in [0.2, 0.25) is 0 Å². The van der Waals surface area contributed by atoms with Crippen molar-refractivity contribution in [3.8, 4) is 16.9 Å². The summed E-state index contributed by atoms with van der Waals surface area (Å²) >= 11 is 0. The molecule has 0 aliphatic carbocycles. The number of ether oxygens (including phenoxy) is 1. The lowest BCUT2D eigenvalue weighted by atomic mass is 9.91. The molecule has 0 radical (unpaired) electrons. The topological polar surface area (TPSA) is 35.2 Å². The molecule has 3 rings (SSSR count). The van der Waals surface area contributed by atoms with E-state index in [9.17, 15) is 0 Å². The van der Waals surface area contributed by atoms with Gasteiger partial charge in [0.15, 0.2) is 0 Å². The number of hydrogen-bond acceptors (Lipinski definition) is 2. The van der Waals surface area contributed by atoms with E-state index in [2.05, 4.69) is 44.2 Å². The zero-order valence-electron chi connectivity index (χ0n) is 11.8. The predicted octanol–water partition coefficient (Wildman–Crippen LogP) is 3.65. The average Bonchev–Trinajstić information content (AvgIpc) is 2.82. The van der Waals surface area contributed by atoms with Gasteiger partial charge in [0.05, 0.1) is 0 Å². The summed E-state index contributed by atoms with van der Waals surface area (Å²) in [5.41, 5.74) is 12.3. The third-order valence-electron chi connectivity index (χ3n) is 3.87. The third kappa shape index (κ3) is 2.41. The summed E-state index contributed by atoms with van der Waals surface area (Å²) in [5, 5.41) is 0. The molecular weight excluding hydrogens is 270 g/mol. The van der Waals surface area contributed by atoms with E-state index < -0.39 is 0 Å². The monoisotopic (exact) mass is 289 g/mol. The zero-order chi connectivity index (χ0) is 13.4. The van der Waals surface area contributed by atoms with Crippen molar-refractivity contribution >= 4 is 12.4 Å². The molecule has 20 heavy (non-hydrogen) atoms. The average molecular weight is 290 g/mol. The quantitative estimate of drug-likeness (QED) is 0.916. The first-order valence-corrected chi connectivity index (χ1v) is 6.76. The summed E-state index contributed by atoms with van der Waals surface area (Å²) in [5.74, 6) is 0.996. The normalized spacial score (nSPS) is 16.2. The highest BCUT2D eigenvalue weighted by Crippen LogP contribution is 2.39. The van der Waals surface area contributed by atoms with Crippen LogP contribution >= 0.6 is 12.4 Å². The fraction of sp³-hybridized carbons (Fsp3) is 0.294. The third-order valence-corrected chi connectivity index (χ3v) is 3.87. The molecule has 1 heterocycles. The highest BCUT2D eigenvalue weighted by atomic mass is 35.5. The molecule has 0 saturated carbocycles. The van der Waals surface area contributed by atoms with Gasteiger partial charge in [-0.2, -0.15) is 0 Å². The van der Waals surface area contributed by atoms with E-state index in [1.807, 2.05) is 6.07 Å². The molecule has 0 bridgehead atoms. The van der Waals surface area contributed by atoms with E-state index in [1.54, 1.807) is 0 Å². The van der Waals surface area contributed by atoms with Crippen molar-refractivity contribution in [3.63, 3.8) is 0 Å². The summed E-state index contributed by atoms with van der Waals surface area (Å²) in [6, 6.07) is 12.7. The molecule has 2 nitrogen and oxygen atoms in total. The Kier molecular flexibility index (Phi) is 4.36. The molecule has 2 N–H and O–H groups in total. The van der Waals surface area contributed by atoms with Gasteiger partial charge in [-0.05, 0) is 42.2 Å². The van der Waals surface area contributed by atoms with Crippen LogP contribution in [0.2, 0.25) is 0 Å². The SMILES string of the molecule is Cc1cccc(C)c1-c1cccc2c1CC(CN)O2.Cl. The molecule has 0 fully saturated rings. The predicted molar refractivity (Wildman–Crippen MR) is 85.8 cm³/mol. The molecule has 0 spiro atoms. The maximum atomic E-state index is 5.87. The Balaban J connectivity index is 0.00000147. The largest absolute Gasteiger partial charge is 0.488 e. The lowest BCUT2D eigenvalue weighted by Crippen LogP contribution is -2.24. The van der Waals surface area contributed by atoms with Crippen molar-refractivity contribution in [2.75, 3.05) is 6.54 Å². The van der Waals surface area contributed by atoms with Gasteiger partial charge in [-0.25, -0.2) is 0 Å². The van der Waals surface area contributed by atoms with E-state index in [0.29, 0.717) is 6.54 Å². The van der Waals surface area contributed by atoms with Crippen molar-refractivity contribution in [3.05, 3.63) is 53.1 Å². The fourth-order valence-corrected chi connectivity index (χ4v) is 2.94. The smallest absolute Gasteiger partial charge is 0.123 e. The van der Waals surface area contributed by atoms with E-state index in [1.165, 1.54) is 27.8 Å². The van der Waals surface area contributed by atoms with E-state index in [4.69, 9.17) is 10.5 Å². The van der Waals surface area contributed by atoms with Crippen LogP contribution in [0.5, 0.6) is 5.75 Å². The molecule has 1 atom stereocenters. The van der Waals surface area contributed by atoms with Crippen LogP contribution in [0.4, 0.5) is 0 Å². The number of fused-ring (bicyclic) bond motifs is 1. The first-order chi connectivity index (χ1) is 9.20. The lowest BCUT2D eigenvalue weighted by Gasteiger charge is -2.13. The summed E-state index contributed by atoms with van der Waals surface area (Å²) in [6.07, 6.45) is 1.04. The molecule has 2 aromatic rings. The standard InChI is InChI=1S/C17H19NO.ClH/c1-11-5-3-6-12(2)17(11)14-7-4-8-16-15(14)9-13(10-18)19-16;/h3-8,13H,9-10,18H2,1-2H3;1H. The Bertz CT molecular complexity index is 604. The van der Waals surface area contributed by atoms with Gasteiger partial charge in [0, 0.05) is 18.5 Å². The zero-order valence-corrected chi connectivity index (χ0v) is 12.7. The van der Waals surface area contributed by atoms with Crippen molar-refractivity contribution in [1.82, 2.24) is 0 Å². The van der Waals surface area contributed by atoms with Gasteiger partial charge in [-0.3, -0.25) is 0 Å². The minimum absolute atomic E-state index is 0. The summed E-state index contributed by atoms with van der Waals surface area (Å²) in [6.45, 7) is 4.90. The van der Waals surface area contributed by atoms with Crippen molar-refractivity contribution < 1.29 is 4.74 Å². The Labute approximate surface area is 126 Å². The molecule has 1 aliphatic rings. The highest BCUT2D eigenvalue weighted by Gasteiger charge is 2.25. The summed E-state index contributed by atoms with van der Waals surface area (Å²) < 4.78 is 5.87. The summed E-state index contributed by atoms with van der Waals surface area (Å²) in [4.78, 5) is 0. The van der Waals surface area contributed by atoms with Crippen LogP contribution < -0.4 is 10.5 Å². The molecule has 0 amide bonds. The van der Waals surface area contributed by atoms with Crippen LogP contribution in [-0.4, -0.2) is 12.6 Å². The number of rotatable bonds is 2. The highest BCUT2D eigenvalue weighted by molar-refractivity contribution is 5.85. The van der Waals surface area contributed by atoms with Gasteiger partial charge in [-0.15, -0.1) is 12.4 Å². The Hall–Kier alpha value is -1.51. The molecular formula is C17H20ClNO. The number of benzene rings is 2. The lowest BCUT2D eigenvalue weighted by molar-refractivity contribution is 0.241. The molecule has 0 aromatic heterocycles. The maximum absolute atomic E-state index is 5.87. The minimum Gasteiger partial charge on any atom is -0.488 e. The number of hydrogen-bond donors (Lipinski definition) is 1. The number of nitrogens with two attached hydrogens (primary N) is 1.